The van der Waals surface area contributed by atoms with Gasteiger partial charge in [0.05, 0.1) is 0 Å². The summed E-state index contributed by atoms with van der Waals surface area (Å²) < 4.78 is 11.2. The van der Waals surface area contributed by atoms with Crippen LogP contribution in [0.3, 0.4) is 0 Å². The lowest BCUT2D eigenvalue weighted by Gasteiger charge is -2.28. The van der Waals surface area contributed by atoms with E-state index in [2.05, 4.69) is 29.2 Å². The number of benzene rings is 1. The molecule has 1 aromatic carbocycles. The maximum absolute atomic E-state index is 11.2. The number of nitrogens with two attached hydrogens (primary N) is 1. The van der Waals surface area contributed by atoms with Gasteiger partial charge in [0.15, 0.2) is 0 Å². The lowest BCUT2D eigenvalue weighted by Crippen LogP contribution is -2.37. The summed E-state index contributed by atoms with van der Waals surface area (Å²) in [4.78, 5) is 2.30. The van der Waals surface area contributed by atoms with E-state index in [4.69, 9.17) is 5.73 Å². The summed E-state index contributed by atoms with van der Waals surface area (Å²) >= 11 is 0. The zero-order valence-electron chi connectivity index (χ0n) is 9.39. The van der Waals surface area contributed by atoms with Gasteiger partial charge >= 0.3 is 0 Å². The highest BCUT2D eigenvalue weighted by Gasteiger charge is 2.14. The molecule has 88 valence electrons. The molecule has 1 heterocycles. The molecule has 0 atom stereocenters. The van der Waals surface area contributed by atoms with Crippen LogP contribution in [0.15, 0.2) is 24.3 Å². The Kier molecular flexibility index (Phi) is 3.96. The highest BCUT2D eigenvalue weighted by Crippen LogP contribution is 2.17. The lowest BCUT2D eigenvalue weighted by atomic mass is 10.1. The molecule has 0 radical (unpaired) electrons. The van der Waals surface area contributed by atoms with E-state index < -0.39 is 10.8 Å². The molecule has 0 spiro atoms. The van der Waals surface area contributed by atoms with Crippen LogP contribution in [0, 0.1) is 0 Å². The van der Waals surface area contributed by atoms with Gasteiger partial charge in [-0.1, -0.05) is 12.1 Å². The Labute approximate surface area is 99.1 Å². The van der Waals surface area contributed by atoms with Crippen molar-refractivity contribution in [1.82, 2.24) is 0 Å². The van der Waals surface area contributed by atoms with Gasteiger partial charge in [0, 0.05) is 41.1 Å². The average Bonchev–Trinajstić information content (AvgIpc) is 2.32. The molecule has 0 amide bonds. The predicted molar refractivity (Wildman–Crippen MR) is 69.3 cm³/mol. The summed E-state index contributed by atoms with van der Waals surface area (Å²) in [6, 6.07) is 8.54. The van der Waals surface area contributed by atoms with Crippen molar-refractivity contribution in [1.29, 1.82) is 0 Å². The van der Waals surface area contributed by atoms with Gasteiger partial charge < -0.3 is 10.6 Å². The molecule has 16 heavy (non-hydrogen) atoms. The smallest absolute Gasteiger partial charge is 0.0411 e. The molecule has 2 rings (SSSR count). The fourth-order valence-corrected chi connectivity index (χ4v) is 2.99. The van der Waals surface area contributed by atoms with Crippen molar-refractivity contribution in [3.05, 3.63) is 29.8 Å². The highest BCUT2D eigenvalue weighted by molar-refractivity contribution is 7.85. The molecule has 0 saturated carbocycles. The topological polar surface area (TPSA) is 46.3 Å². The van der Waals surface area contributed by atoms with Gasteiger partial charge in [0.25, 0.3) is 0 Å². The van der Waals surface area contributed by atoms with E-state index in [9.17, 15) is 4.21 Å². The largest absolute Gasteiger partial charge is 0.370 e. The first-order valence-electron chi connectivity index (χ1n) is 5.68. The first-order valence-corrected chi connectivity index (χ1v) is 7.17. The molecular weight excluding hydrogens is 220 g/mol. The van der Waals surface area contributed by atoms with Gasteiger partial charge in [0.2, 0.25) is 0 Å². The SMILES string of the molecule is NCCc1ccc(N2CCS(=O)CC2)cc1. The number of hydrogen-bond acceptors (Lipinski definition) is 3. The predicted octanol–water partition coefficient (Wildman–Crippen LogP) is 0.756. The van der Waals surface area contributed by atoms with Gasteiger partial charge in [0.1, 0.15) is 0 Å². The second-order valence-corrected chi connectivity index (χ2v) is 5.74. The summed E-state index contributed by atoms with van der Waals surface area (Å²) in [5.74, 6) is 1.59. The van der Waals surface area contributed by atoms with E-state index in [-0.39, 0.29) is 0 Å². The molecule has 1 saturated heterocycles. The quantitative estimate of drug-likeness (QED) is 0.845. The molecule has 1 aliphatic heterocycles. The number of hydrogen-bond donors (Lipinski definition) is 1. The van der Waals surface area contributed by atoms with Crippen LogP contribution in [-0.4, -0.2) is 35.3 Å². The van der Waals surface area contributed by atoms with Gasteiger partial charge in [-0.2, -0.15) is 0 Å². The Morgan fingerprint density at radius 2 is 1.81 bits per heavy atom. The van der Waals surface area contributed by atoms with Gasteiger partial charge in [-0.25, -0.2) is 0 Å². The van der Waals surface area contributed by atoms with Crippen molar-refractivity contribution < 1.29 is 4.21 Å². The van der Waals surface area contributed by atoms with E-state index in [1.54, 1.807) is 0 Å². The monoisotopic (exact) mass is 238 g/mol. The Bertz CT molecular complexity index is 354. The fourth-order valence-electron chi connectivity index (χ4n) is 1.94. The number of rotatable bonds is 3. The molecule has 4 heteroatoms. The molecule has 3 nitrogen and oxygen atoms in total. The van der Waals surface area contributed by atoms with Crippen LogP contribution in [-0.2, 0) is 17.2 Å². The molecule has 2 N–H and O–H groups in total. The Balaban J connectivity index is 2.01. The number of anilines is 1. The zero-order chi connectivity index (χ0) is 11.4. The summed E-state index contributed by atoms with van der Waals surface area (Å²) in [5.41, 5.74) is 8.03. The van der Waals surface area contributed by atoms with Crippen molar-refractivity contribution in [3.63, 3.8) is 0 Å². The highest BCUT2D eigenvalue weighted by atomic mass is 32.2. The molecular formula is C12H18N2OS. The van der Waals surface area contributed by atoms with Gasteiger partial charge in [-0.15, -0.1) is 0 Å². The third-order valence-electron chi connectivity index (χ3n) is 2.91. The normalized spacial score (nSPS) is 17.7. The Hall–Kier alpha value is -0.870. The summed E-state index contributed by atoms with van der Waals surface area (Å²) in [7, 11) is -0.600. The third kappa shape index (κ3) is 2.83. The molecule has 1 fully saturated rings. The second-order valence-electron chi connectivity index (χ2n) is 4.04. The third-order valence-corrected chi connectivity index (χ3v) is 4.19. The van der Waals surface area contributed by atoms with E-state index >= 15 is 0 Å². The van der Waals surface area contributed by atoms with Crippen molar-refractivity contribution in [2.24, 2.45) is 5.73 Å². The van der Waals surface area contributed by atoms with Crippen molar-refractivity contribution >= 4 is 16.5 Å². The fraction of sp³-hybridized carbons (Fsp3) is 0.500. The van der Waals surface area contributed by atoms with Crippen LogP contribution >= 0.6 is 0 Å². The maximum Gasteiger partial charge on any atom is 0.0411 e. The molecule has 0 aliphatic carbocycles. The van der Waals surface area contributed by atoms with E-state index in [0.29, 0.717) is 6.54 Å². The molecule has 0 unspecified atom stereocenters. The molecule has 0 aromatic heterocycles. The van der Waals surface area contributed by atoms with Crippen LogP contribution < -0.4 is 10.6 Å². The number of nitrogens with zero attached hydrogens (tertiary/aromatic N) is 1. The van der Waals surface area contributed by atoms with Crippen molar-refractivity contribution in [2.75, 3.05) is 36.0 Å². The van der Waals surface area contributed by atoms with Gasteiger partial charge in [-0.05, 0) is 30.7 Å². The van der Waals surface area contributed by atoms with E-state index in [1.807, 2.05) is 0 Å². The molecule has 1 aliphatic rings. The molecule has 0 bridgehead atoms. The van der Waals surface area contributed by atoms with Gasteiger partial charge in [-0.3, -0.25) is 4.21 Å². The lowest BCUT2D eigenvalue weighted by molar-refractivity contribution is 0.673. The summed E-state index contributed by atoms with van der Waals surface area (Å²) in [6.45, 7) is 2.51. The van der Waals surface area contributed by atoms with Crippen LogP contribution in [0.25, 0.3) is 0 Å². The maximum atomic E-state index is 11.2. The summed E-state index contributed by atoms with van der Waals surface area (Å²) in [6.07, 6.45) is 0.935. The minimum atomic E-state index is -0.600. The van der Waals surface area contributed by atoms with Crippen LogP contribution in [0.4, 0.5) is 5.69 Å². The summed E-state index contributed by atoms with van der Waals surface area (Å²) in [5, 5.41) is 0. The second kappa shape index (κ2) is 5.46. The molecule has 1 aromatic rings. The Morgan fingerprint density at radius 1 is 1.19 bits per heavy atom. The van der Waals surface area contributed by atoms with Crippen molar-refractivity contribution in [3.8, 4) is 0 Å². The van der Waals surface area contributed by atoms with Crippen LogP contribution in [0.5, 0.6) is 0 Å². The van der Waals surface area contributed by atoms with Crippen molar-refractivity contribution in [2.45, 2.75) is 6.42 Å². The zero-order valence-corrected chi connectivity index (χ0v) is 10.2. The van der Waals surface area contributed by atoms with E-state index in [0.717, 1.165) is 31.0 Å². The Morgan fingerprint density at radius 3 is 2.38 bits per heavy atom. The minimum Gasteiger partial charge on any atom is -0.370 e. The first-order chi connectivity index (χ1) is 7.79. The minimum absolute atomic E-state index is 0.600. The first kappa shape index (κ1) is 11.6. The average molecular weight is 238 g/mol. The standard InChI is InChI=1S/C12H18N2OS/c13-6-5-11-1-3-12(4-2-11)14-7-9-16(15)10-8-14/h1-4H,5-10,13H2. The van der Waals surface area contributed by atoms with Crippen LogP contribution in [0.1, 0.15) is 5.56 Å². The van der Waals surface area contributed by atoms with Crippen LogP contribution in [0.2, 0.25) is 0 Å². The van der Waals surface area contributed by atoms with E-state index in [1.165, 1.54) is 11.3 Å².